The number of urea groups is 1. The Balaban J connectivity index is 1.58. The van der Waals surface area contributed by atoms with Crippen LogP contribution in [0.5, 0.6) is 0 Å². The molecule has 1 aliphatic heterocycles. The van der Waals surface area contributed by atoms with E-state index in [9.17, 15) is 19.2 Å². The van der Waals surface area contributed by atoms with Crippen molar-refractivity contribution < 1.29 is 23.9 Å². The predicted octanol–water partition coefficient (Wildman–Crippen LogP) is 1.21. The summed E-state index contributed by atoms with van der Waals surface area (Å²) in [6, 6.07) is 6.20. The number of hydrogen-bond donors (Lipinski definition) is 2. The van der Waals surface area contributed by atoms with Crippen molar-refractivity contribution in [3.05, 3.63) is 29.8 Å². The number of carbonyl (C=O) groups is 4. The van der Waals surface area contributed by atoms with Gasteiger partial charge in [-0.2, -0.15) is 0 Å². The highest BCUT2D eigenvalue weighted by atomic mass is 16.5. The highest BCUT2D eigenvalue weighted by Gasteiger charge is 2.52. The smallest absolute Gasteiger partial charge is 0.325 e. The van der Waals surface area contributed by atoms with Gasteiger partial charge in [0, 0.05) is 5.69 Å². The molecule has 1 aromatic rings. The molecule has 0 bridgehead atoms. The first-order valence-electron chi connectivity index (χ1n) is 8.53. The van der Waals surface area contributed by atoms with Gasteiger partial charge in [0.25, 0.3) is 5.91 Å². The molecule has 0 aromatic heterocycles. The number of amides is 4. The Kier molecular flexibility index (Phi) is 4.92. The predicted molar refractivity (Wildman–Crippen MR) is 92.2 cm³/mol. The first-order chi connectivity index (χ1) is 12.4. The van der Waals surface area contributed by atoms with E-state index in [0.717, 1.165) is 23.3 Å². The summed E-state index contributed by atoms with van der Waals surface area (Å²) in [5, 5.41) is 5.40. The monoisotopic (exact) mass is 359 g/mol. The van der Waals surface area contributed by atoms with Crippen LogP contribution in [0.4, 0.5) is 10.5 Å². The number of hydrogen-bond acceptors (Lipinski definition) is 5. The molecule has 1 aliphatic carbocycles. The number of nitrogens with one attached hydrogen (secondary N) is 2. The number of esters is 1. The Morgan fingerprint density at radius 1 is 1.19 bits per heavy atom. The molecule has 1 aromatic carbocycles. The molecule has 4 amide bonds. The molecule has 8 nitrogen and oxygen atoms in total. The van der Waals surface area contributed by atoms with Crippen LogP contribution in [-0.4, -0.2) is 47.9 Å². The highest BCUT2D eigenvalue weighted by molar-refractivity contribution is 6.10. The quantitative estimate of drug-likeness (QED) is 0.607. The fraction of sp³-hybridized carbons (Fsp3) is 0.444. The SMILES string of the molecule is COC(=O)Cc1ccc(NC(=O)CN2C(=O)NC3(CCCC3)C2=O)cc1. The van der Waals surface area contributed by atoms with Crippen LogP contribution >= 0.6 is 0 Å². The van der Waals surface area contributed by atoms with E-state index < -0.39 is 17.5 Å². The zero-order chi connectivity index (χ0) is 18.7. The zero-order valence-electron chi connectivity index (χ0n) is 14.5. The van der Waals surface area contributed by atoms with Gasteiger partial charge in [-0.05, 0) is 30.5 Å². The van der Waals surface area contributed by atoms with Gasteiger partial charge >= 0.3 is 12.0 Å². The first kappa shape index (κ1) is 17.9. The second-order valence-corrected chi connectivity index (χ2v) is 6.61. The molecule has 2 fully saturated rings. The lowest BCUT2D eigenvalue weighted by Crippen LogP contribution is -2.44. The van der Waals surface area contributed by atoms with Crippen molar-refractivity contribution in [2.75, 3.05) is 19.0 Å². The van der Waals surface area contributed by atoms with Crippen LogP contribution in [0, 0.1) is 0 Å². The van der Waals surface area contributed by atoms with E-state index in [0.29, 0.717) is 18.5 Å². The lowest BCUT2D eigenvalue weighted by Gasteiger charge is -2.19. The summed E-state index contributed by atoms with van der Waals surface area (Å²) < 4.78 is 4.60. The first-order valence-corrected chi connectivity index (χ1v) is 8.53. The van der Waals surface area contributed by atoms with Crippen LogP contribution in [0.3, 0.4) is 0 Å². The summed E-state index contributed by atoms with van der Waals surface area (Å²) >= 11 is 0. The molecule has 1 saturated carbocycles. The van der Waals surface area contributed by atoms with Crippen molar-refractivity contribution in [2.24, 2.45) is 0 Å². The molecule has 2 N–H and O–H groups in total. The normalized spacial score (nSPS) is 18.1. The molecule has 0 atom stereocenters. The number of benzene rings is 1. The van der Waals surface area contributed by atoms with Crippen LogP contribution < -0.4 is 10.6 Å². The third-order valence-corrected chi connectivity index (χ3v) is 4.82. The fourth-order valence-electron chi connectivity index (χ4n) is 3.43. The van der Waals surface area contributed by atoms with Crippen LogP contribution in [0.1, 0.15) is 31.2 Å². The van der Waals surface area contributed by atoms with Gasteiger partial charge in [0.05, 0.1) is 13.5 Å². The standard InChI is InChI=1S/C18H21N3O5/c1-26-15(23)10-12-4-6-13(7-5-12)19-14(22)11-21-16(24)18(20-17(21)25)8-2-3-9-18/h4-7H,2-3,8-11H2,1H3,(H,19,22)(H,20,25). The Morgan fingerprint density at radius 3 is 2.46 bits per heavy atom. The molecular weight excluding hydrogens is 338 g/mol. The Morgan fingerprint density at radius 2 is 1.85 bits per heavy atom. The van der Waals surface area contributed by atoms with Crippen LogP contribution in [0.25, 0.3) is 0 Å². The second kappa shape index (κ2) is 7.15. The Labute approximate surface area is 150 Å². The summed E-state index contributed by atoms with van der Waals surface area (Å²) in [7, 11) is 1.32. The number of imide groups is 1. The lowest BCUT2D eigenvalue weighted by molar-refractivity contribution is -0.139. The minimum atomic E-state index is -0.813. The number of carbonyl (C=O) groups excluding carboxylic acids is 4. The number of ether oxygens (including phenoxy) is 1. The zero-order valence-corrected chi connectivity index (χ0v) is 14.5. The molecular formula is C18H21N3O5. The van der Waals surface area contributed by atoms with Gasteiger partial charge in [-0.1, -0.05) is 25.0 Å². The summed E-state index contributed by atoms with van der Waals surface area (Å²) in [5.74, 6) is -1.12. The van der Waals surface area contributed by atoms with Crippen molar-refractivity contribution in [1.29, 1.82) is 0 Å². The summed E-state index contributed by atoms with van der Waals surface area (Å²) in [5.41, 5.74) is 0.464. The van der Waals surface area contributed by atoms with Crippen molar-refractivity contribution in [2.45, 2.75) is 37.6 Å². The summed E-state index contributed by atoms with van der Waals surface area (Å²) in [6.45, 7) is -0.323. The molecule has 0 radical (unpaired) electrons. The van der Waals surface area contributed by atoms with Gasteiger partial charge < -0.3 is 15.4 Å². The van der Waals surface area contributed by atoms with E-state index in [1.165, 1.54) is 7.11 Å². The van der Waals surface area contributed by atoms with E-state index in [-0.39, 0.29) is 24.8 Å². The van der Waals surface area contributed by atoms with E-state index in [1.54, 1.807) is 24.3 Å². The van der Waals surface area contributed by atoms with E-state index in [4.69, 9.17) is 0 Å². The Bertz CT molecular complexity index is 738. The van der Waals surface area contributed by atoms with Gasteiger partial charge in [-0.25, -0.2) is 4.79 Å². The average molecular weight is 359 g/mol. The summed E-state index contributed by atoms with van der Waals surface area (Å²) in [4.78, 5) is 49.0. The van der Waals surface area contributed by atoms with E-state index >= 15 is 0 Å². The molecule has 1 saturated heterocycles. The minimum absolute atomic E-state index is 0.148. The maximum absolute atomic E-state index is 12.5. The fourth-order valence-corrected chi connectivity index (χ4v) is 3.43. The van der Waals surface area contributed by atoms with Crippen molar-refractivity contribution in [1.82, 2.24) is 10.2 Å². The van der Waals surface area contributed by atoms with Crippen molar-refractivity contribution in [3.8, 4) is 0 Å². The van der Waals surface area contributed by atoms with Crippen molar-refractivity contribution >= 4 is 29.5 Å². The van der Waals surface area contributed by atoms with E-state index in [1.807, 2.05) is 0 Å². The number of methoxy groups -OCH3 is 1. The number of rotatable bonds is 5. The van der Waals surface area contributed by atoms with Crippen LogP contribution in [0.15, 0.2) is 24.3 Å². The topological polar surface area (TPSA) is 105 Å². The maximum atomic E-state index is 12.5. The van der Waals surface area contributed by atoms with E-state index in [2.05, 4.69) is 15.4 Å². The highest BCUT2D eigenvalue weighted by Crippen LogP contribution is 2.34. The minimum Gasteiger partial charge on any atom is -0.469 e. The van der Waals surface area contributed by atoms with Gasteiger partial charge in [0.15, 0.2) is 0 Å². The van der Waals surface area contributed by atoms with Crippen LogP contribution in [-0.2, 0) is 25.5 Å². The third-order valence-electron chi connectivity index (χ3n) is 4.82. The molecule has 1 spiro atoms. The second-order valence-electron chi connectivity index (χ2n) is 6.61. The molecule has 8 heteroatoms. The average Bonchev–Trinajstić information content (AvgIpc) is 3.17. The Hall–Kier alpha value is -2.90. The van der Waals surface area contributed by atoms with Crippen molar-refractivity contribution in [3.63, 3.8) is 0 Å². The number of anilines is 1. The molecule has 3 rings (SSSR count). The molecule has 0 unspecified atom stereocenters. The molecule has 2 aliphatic rings. The molecule has 1 heterocycles. The number of nitrogens with zero attached hydrogens (tertiary/aromatic N) is 1. The largest absolute Gasteiger partial charge is 0.469 e. The van der Waals surface area contributed by atoms with Gasteiger partial charge in [-0.3, -0.25) is 19.3 Å². The van der Waals surface area contributed by atoms with Gasteiger partial charge in [0.1, 0.15) is 12.1 Å². The third kappa shape index (κ3) is 3.54. The van der Waals surface area contributed by atoms with Crippen LogP contribution in [0.2, 0.25) is 0 Å². The van der Waals surface area contributed by atoms with Gasteiger partial charge in [0.2, 0.25) is 5.91 Å². The lowest BCUT2D eigenvalue weighted by atomic mass is 9.98. The summed E-state index contributed by atoms with van der Waals surface area (Å²) in [6.07, 6.45) is 3.18. The molecule has 138 valence electrons. The maximum Gasteiger partial charge on any atom is 0.325 e. The molecule has 26 heavy (non-hydrogen) atoms. The van der Waals surface area contributed by atoms with Gasteiger partial charge in [-0.15, -0.1) is 0 Å².